The minimum absolute atomic E-state index is 0.0150. The van der Waals surface area contributed by atoms with Crippen molar-refractivity contribution < 1.29 is 36.3 Å². The van der Waals surface area contributed by atoms with Crippen molar-refractivity contribution >= 4 is 29.0 Å². The Labute approximate surface area is 213 Å². The summed E-state index contributed by atoms with van der Waals surface area (Å²) in [5.41, 5.74) is -5.15. The molecule has 2 N–H and O–H groups in total. The summed E-state index contributed by atoms with van der Waals surface area (Å²) in [5, 5.41) is 5.19. The van der Waals surface area contributed by atoms with Crippen LogP contribution < -0.4 is 10.6 Å². The van der Waals surface area contributed by atoms with Gasteiger partial charge in [-0.3, -0.25) is 14.7 Å². The van der Waals surface area contributed by atoms with Crippen LogP contribution in [0.25, 0.3) is 16.7 Å². The molecule has 0 spiro atoms. The van der Waals surface area contributed by atoms with Crippen LogP contribution in [0, 0.1) is 18.6 Å². The highest BCUT2D eigenvalue weighted by molar-refractivity contribution is 6.03. The van der Waals surface area contributed by atoms with Crippen molar-refractivity contribution in [1.29, 1.82) is 0 Å². The van der Waals surface area contributed by atoms with E-state index in [2.05, 4.69) is 20.6 Å². The number of ether oxygens (including phenoxy) is 1. The topological polar surface area (TPSA) is 97.6 Å². The van der Waals surface area contributed by atoms with Crippen LogP contribution in [0.3, 0.4) is 0 Å². The highest BCUT2D eigenvalue weighted by Crippen LogP contribution is 2.39. The molecular weight excluding hydrogens is 513 g/mol. The summed E-state index contributed by atoms with van der Waals surface area (Å²) in [6.07, 6.45) is -6.38. The van der Waals surface area contributed by atoms with Crippen molar-refractivity contribution in [1.82, 2.24) is 20.2 Å². The Kier molecular flexibility index (Phi) is 6.44. The van der Waals surface area contributed by atoms with Gasteiger partial charge in [0.15, 0.2) is 5.82 Å². The van der Waals surface area contributed by atoms with Gasteiger partial charge in [-0.15, -0.1) is 4.99 Å². The number of nitrogens with one attached hydrogen (secondary N) is 2. The van der Waals surface area contributed by atoms with E-state index in [0.717, 1.165) is 10.6 Å². The maximum Gasteiger partial charge on any atom is 0.437 e. The fourth-order valence-corrected chi connectivity index (χ4v) is 4.37. The molecule has 1 aromatic heterocycles. The maximum absolute atomic E-state index is 16.1. The number of rotatable bonds is 2. The summed E-state index contributed by atoms with van der Waals surface area (Å²) in [6.45, 7) is 7.71. The van der Waals surface area contributed by atoms with Crippen molar-refractivity contribution in [2.24, 2.45) is 4.99 Å². The maximum atomic E-state index is 16.1. The van der Waals surface area contributed by atoms with E-state index in [-0.39, 0.29) is 35.0 Å². The second-order valence-electron chi connectivity index (χ2n) is 10.0. The number of imidazole rings is 1. The van der Waals surface area contributed by atoms with Gasteiger partial charge in [0, 0.05) is 5.56 Å². The Hall–Kier alpha value is -4.03. The summed E-state index contributed by atoms with van der Waals surface area (Å²) in [6, 6.07) is 5.69. The number of carbonyl (C=O) groups excluding carboxylic acids is 2. The van der Waals surface area contributed by atoms with Crippen LogP contribution in [0.1, 0.15) is 51.1 Å². The summed E-state index contributed by atoms with van der Waals surface area (Å²) in [4.78, 5) is 32.4. The van der Waals surface area contributed by atoms with Crippen LogP contribution in [-0.4, -0.2) is 33.1 Å². The van der Waals surface area contributed by atoms with E-state index in [1.165, 1.54) is 32.0 Å². The third-order valence-corrected chi connectivity index (χ3v) is 5.80. The van der Waals surface area contributed by atoms with E-state index >= 15 is 4.39 Å². The Bertz CT molecular complexity index is 1490. The minimum Gasteiger partial charge on any atom is -0.442 e. The summed E-state index contributed by atoms with van der Waals surface area (Å²) >= 11 is 0. The predicted molar refractivity (Wildman–Crippen MR) is 128 cm³/mol. The highest BCUT2D eigenvalue weighted by atomic mass is 19.4. The first-order valence-corrected chi connectivity index (χ1v) is 11.4. The third-order valence-electron chi connectivity index (χ3n) is 5.80. The lowest BCUT2D eigenvalue weighted by molar-refractivity contribution is -0.138. The predicted octanol–water partition coefficient (Wildman–Crippen LogP) is 5.25. The lowest BCUT2D eigenvalue weighted by atomic mass is 9.86. The van der Waals surface area contributed by atoms with Gasteiger partial charge in [-0.05, 0) is 52.8 Å². The van der Waals surface area contributed by atoms with E-state index < -0.39 is 52.0 Å². The van der Waals surface area contributed by atoms with Gasteiger partial charge >= 0.3 is 12.3 Å². The quantitative estimate of drug-likeness (QED) is 0.436. The molecule has 8 nitrogen and oxygen atoms in total. The number of nitrogens with zero attached hydrogens (tertiary/aromatic N) is 3. The summed E-state index contributed by atoms with van der Waals surface area (Å²) in [7, 11) is 0. The number of alkyl halides is 3. The number of amides is 2. The van der Waals surface area contributed by atoms with E-state index in [0.29, 0.717) is 6.07 Å². The van der Waals surface area contributed by atoms with Crippen LogP contribution in [0.2, 0.25) is 0 Å². The zero-order valence-electron chi connectivity index (χ0n) is 21.1. The molecule has 0 bridgehead atoms. The molecule has 38 heavy (non-hydrogen) atoms. The molecule has 2 heterocycles. The first kappa shape index (κ1) is 27.0. The zero-order valence-corrected chi connectivity index (χ0v) is 21.1. The van der Waals surface area contributed by atoms with Crippen LogP contribution in [0.4, 0.5) is 26.7 Å². The lowest BCUT2D eigenvalue weighted by Gasteiger charge is -2.36. The number of aliphatic imine (C=N–C) groups is 1. The standard InChI is InChI=1S/C25H24F5N5O3/c1-12-31-15-10-9-14(26)18(25(28,29)30)20(15)35(12)16-8-6-7-13(19(16)27)24(5)11-17(36)32-21(34-24)33-22(37)38-23(2,3)4/h6-10H,11H2,1-5H3,(H2,32,33,34,36,37)/t24-/m0/s1. The molecule has 3 aromatic rings. The van der Waals surface area contributed by atoms with Crippen molar-refractivity contribution in [2.45, 2.75) is 58.4 Å². The first-order valence-electron chi connectivity index (χ1n) is 11.4. The summed E-state index contributed by atoms with van der Waals surface area (Å²) < 4.78 is 78.0. The van der Waals surface area contributed by atoms with Gasteiger partial charge in [0.1, 0.15) is 22.8 Å². The van der Waals surface area contributed by atoms with Crippen LogP contribution in [0.5, 0.6) is 0 Å². The molecule has 1 aliphatic heterocycles. The molecular formula is C25H24F5N5O3. The fourth-order valence-electron chi connectivity index (χ4n) is 4.37. The number of hydrogen-bond donors (Lipinski definition) is 2. The molecule has 13 heteroatoms. The second kappa shape index (κ2) is 9.07. The Morgan fingerprint density at radius 1 is 1.16 bits per heavy atom. The molecule has 4 rings (SSSR count). The average molecular weight is 537 g/mol. The summed E-state index contributed by atoms with van der Waals surface area (Å²) in [5.74, 6) is -3.40. The van der Waals surface area contributed by atoms with Crippen LogP contribution in [-0.2, 0) is 21.2 Å². The van der Waals surface area contributed by atoms with Gasteiger partial charge in [-0.25, -0.2) is 18.6 Å². The Morgan fingerprint density at radius 3 is 2.47 bits per heavy atom. The SMILES string of the molecule is Cc1nc2ccc(F)c(C(F)(F)F)c2n1-c1cccc([C@]2(C)CC(=O)N/C(=N/C(=O)OC(C)(C)C)N2)c1F. The molecule has 0 saturated carbocycles. The molecule has 0 aliphatic carbocycles. The molecule has 1 aliphatic rings. The molecule has 1 saturated heterocycles. The molecule has 2 amide bonds. The number of halogens is 5. The van der Waals surface area contributed by atoms with Gasteiger partial charge in [0.2, 0.25) is 11.9 Å². The lowest BCUT2D eigenvalue weighted by Crippen LogP contribution is -2.58. The second-order valence-corrected chi connectivity index (χ2v) is 10.0. The first-order chi connectivity index (χ1) is 17.5. The number of hydrogen-bond acceptors (Lipinski definition) is 4. The number of aromatic nitrogens is 2. The van der Waals surface area contributed by atoms with Gasteiger partial charge in [-0.2, -0.15) is 13.2 Å². The number of benzene rings is 2. The number of fused-ring (bicyclic) bond motifs is 1. The van der Waals surface area contributed by atoms with Gasteiger partial charge in [0.25, 0.3) is 0 Å². The smallest absolute Gasteiger partial charge is 0.437 e. The van der Waals surface area contributed by atoms with E-state index in [1.807, 2.05) is 0 Å². The fraction of sp³-hybridized carbons (Fsp3) is 0.360. The van der Waals surface area contributed by atoms with Crippen molar-refractivity contribution in [2.75, 3.05) is 0 Å². The Balaban J connectivity index is 1.85. The Morgan fingerprint density at radius 2 is 1.84 bits per heavy atom. The monoisotopic (exact) mass is 537 g/mol. The van der Waals surface area contributed by atoms with E-state index in [9.17, 15) is 27.2 Å². The van der Waals surface area contributed by atoms with E-state index in [4.69, 9.17) is 4.74 Å². The van der Waals surface area contributed by atoms with Crippen molar-refractivity contribution in [3.63, 3.8) is 0 Å². The van der Waals surface area contributed by atoms with Crippen LogP contribution >= 0.6 is 0 Å². The molecule has 0 radical (unpaired) electrons. The zero-order chi connectivity index (χ0) is 28.2. The molecule has 2 aromatic carbocycles. The molecule has 1 atom stereocenters. The van der Waals surface area contributed by atoms with Gasteiger partial charge < -0.3 is 10.1 Å². The average Bonchev–Trinajstić information content (AvgIpc) is 3.06. The third kappa shape index (κ3) is 5.04. The molecule has 1 fully saturated rings. The molecule has 0 unspecified atom stereocenters. The largest absolute Gasteiger partial charge is 0.442 e. The van der Waals surface area contributed by atoms with Gasteiger partial charge in [-0.1, -0.05) is 12.1 Å². The molecule has 202 valence electrons. The number of carbonyl (C=O) groups is 2. The van der Waals surface area contributed by atoms with Crippen molar-refractivity contribution in [3.05, 3.63) is 58.9 Å². The minimum atomic E-state index is -5.08. The van der Waals surface area contributed by atoms with Crippen LogP contribution in [0.15, 0.2) is 35.3 Å². The van der Waals surface area contributed by atoms with E-state index in [1.54, 1.807) is 20.8 Å². The van der Waals surface area contributed by atoms with Crippen molar-refractivity contribution in [3.8, 4) is 5.69 Å². The number of guanidine groups is 1. The number of aryl methyl sites for hydroxylation is 1. The normalized spacial score (nSPS) is 19.4. The van der Waals surface area contributed by atoms with Gasteiger partial charge in [0.05, 0.1) is 28.7 Å². The highest BCUT2D eigenvalue weighted by Gasteiger charge is 2.41.